The molecule has 0 saturated carbocycles. The Labute approximate surface area is 156 Å². The summed E-state index contributed by atoms with van der Waals surface area (Å²) in [4.78, 5) is 12.2. The molecule has 1 amide bonds. The van der Waals surface area contributed by atoms with Crippen LogP contribution >= 0.6 is 0 Å². The molecule has 0 saturated heterocycles. The first-order valence-electron chi connectivity index (χ1n) is 8.34. The fourth-order valence-corrected chi connectivity index (χ4v) is 2.51. The van der Waals surface area contributed by atoms with Crippen LogP contribution in [-0.4, -0.2) is 18.9 Å². The second-order valence-electron chi connectivity index (χ2n) is 5.75. The monoisotopic (exact) mass is 360 g/mol. The Morgan fingerprint density at radius 3 is 2.48 bits per heavy atom. The number of carbonyl (C=O) groups excluding carboxylic acids is 1. The molecule has 3 aromatic carbocycles. The number of nitrogens with one attached hydrogen (secondary N) is 1. The highest BCUT2D eigenvalue weighted by Crippen LogP contribution is 2.32. The molecule has 0 unspecified atom stereocenters. The Hall–Kier alpha value is -3.80. The van der Waals surface area contributed by atoms with Gasteiger partial charge < -0.3 is 14.2 Å². The van der Waals surface area contributed by atoms with E-state index in [1.165, 1.54) is 0 Å². The van der Waals surface area contributed by atoms with Crippen molar-refractivity contribution < 1.29 is 19.0 Å². The van der Waals surface area contributed by atoms with Crippen LogP contribution in [0.4, 0.5) is 0 Å². The zero-order valence-electron chi connectivity index (χ0n) is 14.3. The third-order valence-corrected chi connectivity index (χ3v) is 3.87. The van der Waals surface area contributed by atoms with Gasteiger partial charge in [0.1, 0.15) is 11.5 Å². The molecule has 134 valence electrons. The van der Waals surface area contributed by atoms with Gasteiger partial charge in [-0.25, -0.2) is 5.43 Å². The molecule has 6 heteroatoms. The minimum absolute atomic E-state index is 0.169. The average molecular weight is 360 g/mol. The van der Waals surface area contributed by atoms with Gasteiger partial charge >= 0.3 is 0 Å². The summed E-state index contributed by atoms with van der Waals surface area (Å²) in [6, 6.07) is 21.9. The number of nitrogens with zero attached hydrogens (tertiary/aromatic N) is 1. The van der Waals surface area contributed by atoms with E-state index in [0.717, 1.165) is 17.1 Å². The van der Waals surface area contributed by atoms with E-state index in [1.807, 2.05) is 54.6 Å². The second kappa shape index (κ2) is 7.61. The number of rotatable bonds is 5. The van der Waals surface area contributed by atoms with Crippen molar-refractivity contribution >= 4 is 12.1 Å². The summed E-state index contributed by atoms with van der Waals surface area (Å²) in [5.74, 6) is 2.36. The number of amides is 1. The van der Waals surface area contributed by atoms with E-state index in [2.05, 4.69) is 10.5 Å². The molecule has 0 aliphatic carbocycles. The van der Waals surface area contributed by atoms with Crippen LogP contribution in [0.5, 0.6) is 23.0 Å². The number of para-hydroxylation sites is 1. The van der Waals surface area contributed by atoms with Crippen LogP contribution in [0.3, 0.4) is 0 Å². The summed E-state index contributed by atoms with van der Waals surface area (Å²) in [6.45, 7) is 0.169. The SMILES string of the molecule is O=C(N/N=C/c1ccc(Oc2ccccc2)cc1)c1ccc2c(c1)OCO2. The first kappa shape index (κ1) is 16.7. The van der Waals surface area contributed by atoms with E-state index in [4.69, 9.17) is 14.2 Å². The van der Waals surface area contributed by atoms with E-state index < -0.39 is 0 Å². The molecule has 1 aliphatic heterocycles. The van der Waals surface area contributed by atoms with Crippen LogP contribution in [0.15, 0.2) is 77.9 Å². The van der Waals surface area contributed by atoms with Crippen molar-refractivity contribution in [1.29, 1.82) is 0 Å². The molecular weight excluding hydrogens is 344 g/mol. The molecule has 0 spiro atoms. The van der Waals surface area contributed by atoms with Crippen molar-refractivity contribution in [3.05, 3.63) is 83.9 Å². The number of hydrogen-bond donors (Lipinski definition) is 1. The topological polar surface area (TPSA) is 69.2 Å². The van der Waals surface area contributed by atoms with E-state index >= 15 is 0 Å². The number of hydrogen-bond acceptors (Lipinski definition) is 5. The van der Waals surface area contributed by atoms with Crippen LogP contribution in [-0.2, 0) is 0 Å². The van der Waals surface area contributed by atoms with Gasteiger partial charge in [0.25, 0.3) is 5.91 Å². The summed E-state index contributed by atoms with van der Waals surface area (Å²) >= 11 is 0. The molecule has 3 aromatic rings. The molecule has 4 rings (SSSR count). The largest absolute Gasteiger partial charge is 0.457 e. The van der Waals surface area contributed by atoms with Crippen molar-refractivity contribution in [2.24, 2.45) is 5.10 Å². The minimum atomic E-state index is -0.325. The number of benzene rings is 3. The van der Waals surface area contributed by atoms with Crippen molar-refractivity contribution in [3.63, 3.8) is 0 Å². The second-order valence-corrected chi connectivity index (χ2v) is 5.75. The molecule has 0 bridgehead atoms. The quantitative estimate of drug-likeness (QED) is 0.552. The van der Waals surface area contributed by atoms with Crippen LogP contribution in [0, 0.1) is 0 Å². The lowest BCUT2D eigenvalue weighted by molar-refractivity contribution is 0.0954. The third kappa shape index (κ3) is 4.07. The highest BCUT2D eigenvalue weighted by atomic mass is 16.7. The van der Waals surface area contributed by atoms with E-state index in [0.29, 0.717) is 17.1 Å². The standard InChI is InChI=1S/C21H16N2O4/c24-21(16-8-11-19-20(12-16)26-14-25-19)23-22-13-15-6-9-18(10-7-15)27-17-4-2-1-3-5-17/h1-13H,14H2,(H,23,24)/b22-13+. The Balaban J connectivity index is 1.35. The van der Waals surface area contributed by atoms with E-state index in [-0.39, 0.29) is 12.7 Å². The molecule has 6 nitrogen and oxygen atoms in total. The lowest BCUT2D eigenvalue weighted by atomic mass is 10.2. The molecule has 1 N–H and O–H groups in total. The predicted octanol–water partition coefficient (Wildman–Crippen LogP) is 3.97. The van der Waals surface area contributed by atoms with Crippen LogP contribution in [0.25, 0.3) is 0 Å². The summed E-state index contributed by atoms with van der Waals surface area (Å²) in [5.41, 5.74) is 3.78. The van der Waals surface area contributed by atoms with E-state index in [9.17, 15) is 4.79 Å². The van der Waals surface area contributed by atoms with Crippen molar-refractivity contribution in [2.75, 3.05) is 6.79 Å². The van der Waals surface area contributed by atoms with Gasteiger partial charge in [-0.15, -0.1) is 0 Å². The summed E-state index contributed by atoms with van der Waals surface area (Å²) in [7, 11) is 0. The molecule has 0 aromatic heterocycles. The van der Waals surface area contributed by atoms with Crippen LogP contribution < -0.4 is 19.6 Å². The smallest absolute Gasteiger partial charge is 0.271 e. The fourth-order valence-electron chi connectivity index (χ4n) is 2.51. The van der Waals surface area contributed by atoms with E-state index in [1.54, 1.807) is 24.4 Å². The average Bonchev–Trinajstić information content (AvgIpc) is 3.18. The lowest BCUT2D eigenvalue weighted by Crippen LogP contribution is -2.17. The number of fused-ring (bicyclic) bond motifs is 1. The fraction of sp³-hybridized carbons (Fsp3) is 0.0476. The maximum atomic E-state index is 12.2. The Morgan fingerprint density at radius 2 is 1.67 bits per heavy atom. The van der Waals surface area contributed by atoms with Crippen molar-refractivity contribution in [2.45, 2.75) is 0 Å². The third-order valence-electron chi connectivity index (χ3n) is 3.87. The molecule has 0 radical (unpaired) electrons. The molecule has 0 fully saturated rings. The number of ether oxygens (including phenoxy) is 3. The number of carbonyl (C=O) groups is 1. The summed E-state index contributed by atoms with van der Waals surface area (Å²) < 4.78 is 16.2. The maximum Gasteiger partial charge on any atom is 0.271 e. The molecule has 0 atom stereocenters. The molecule has 1 heterocycles. The Morgan fingerprint density at radius 1 is 0.926 bits per heavy atom. The highest BCUT2D eigenvalue weighted by molar-refractivity contribution is 5.95. The Bertz CT molecular complexity index is 969. The Kier molecular flexibility index (Phi) is 4.70. The molecule has 1 aliphatic rings. The maximum absolute atomic E-state index is 12.2. The van der Waals surface area contributed by atoms with Crippen molar-refractivity contribution in [3.8, 4) is 23.0 Å². The van der Waals surface area contributed by atoms with Gasteiger partial charge in [0.15, 0.2) is 11.5 Å². The number of hydrazone groups is 1. The molecule has 27 heavy (non-hydrogen) atoms. The zero-order chi connectivity index (χ0) is 18.5. The van der Waals surface area contributed by atoms with Gasteiger partial charge in [0.2, 0.25) is 6.79 Å². The van der Waals surface area contributed by atoms with Gasteiger partial charge in [-0.1, -0.05) is 18.2 Å². The van der Waals surface area contributed by atoms with Gasteiger partial charge in [-0.05, 0) is 60.2 Å². The molecular formula is C21H16N2O4. The van der Waals surface area contributed by atoms with Gasteiger partial charge in [-0.2, -0.15) is 5.10 Å². The minimum Gasteiger partial charge on any atom is -0.457 e. The zero-order valence-corrected chi connectivity index (χ0v) is 14.3. The lowest BCUT2D eigenvalue weighted by Gasteiger charge is -2.05. The van der Waals surface area contributed by atoms with Gasteiger partial charge in [0, 0.05) is 5.56 Å². The summed E-state index contributed by atoms with van der Waals surface area (Å²) in [5, 5.41) is 3.99. The van der Waals surface area contributed by atoms with Gasteiger partial charge in [0.05, 0.1) is 6.21 Å². The predicted molar refractivity (Wildman–Crippen MR) is 101 cm³/mol. The first-order chi connectivity index (χ1) is 13.3. The van der Waals surface area contributed by atoms with Crippen LogP contribution in [0.2, 0.25) is 0 Å². The van der Waals surface area contributed by atoms with Crippen LogP contribution in [0.1, 0.15) is 15.9 Å². The van der Waals surface area contributed by atoms with Gasteiger partial charge in [-0.3, -0.25) is 4.79 Å². The summed E-state index contributed by atoms with van der Waals surface area (Å²) in [6.07, 6.45) is 1.57. The highest BCUT2D eigenvalue weighted by Gasteiger charge is 2.15. The normalized spacial score (nSPS) is 12.1. The van der Waals surface area contributed by atoms with Crippen molar-refractivity contribution in [1.82, 2.24) is 5.43 Å². The first-order valence-corrected chi connectivity index (χ1v) is 8.34.